The minimum atomic E-state index is -0.0116. The van der Waals surface area contributed by atoms with Crippen LogP contribution in [0.15, 0.2) is 16.8 Å². The average Bonchev–Trinajstić information content (AvgIpc) is 3.23. The van der Waals surface area contributed by atoms with E-state index in [9.17, 15) is 4.79 Å². The van der Waals surface area contributed by atoms with Crippen LogP contribution in [0.3, 0.4) is 0 Å². The van der Waals surface area contributed by atoms with Crippen molar-refractivity contribution in [2.75, 3.05) is 20.1 Å². The predicted octanol–water partition coefficient (Wildman–Crippen LogP) is 4.60. The Morgan fingerprint density at radius 1 is 1.04 bits per heavy atom. The molecule has 0 radical (unpaired) electrons. The van der Waals surface area contributed by atoms with E-state index in [0.717, 1.165) is 62.7 Å². The fourth-order valence-corrected chi connectivity index (χ4v) is 7.54. The zero-order chi connectivity index (χ0) is 19.5. The first kappa shape index (κ1) is 18.8. The van der Waals surface area contributed by atoms with Crippen LogP contribution >= 0.6 is 0 Å². The number of ketones is 1. The number of likely N-dealkylation sites (N-methyl/N-ethyl adjacent to an activating group) is 1. The topological polar surface area (TPSA) is 41.9 Å². The molecule has 154 valence electrons. The Morgan fingerprint density at radius 3 is 2.64 bits per heavy atom. The van der Waals surface area contributed by atoms with E-state index in [0.29, 0.717) is 17.1 Å². The van der Waals surface area contributed by atoms with Crippen LogP contribution < -0.4 is 0 Å². The molecule has 0 bridgehead atoms. The third-order valence-electron chi connectivity index (χ3n) is 9.35. The maximum atomic E-state index is 12.6. The number of likely N-dealkylation sites (tertiary alicyclic amines) is 1. The highest BCUT2D eigenvalue weighted by Gasteiger charge is 2.58. The minimum Gasteiger partial charge on any atom is -0.391 e. The van der Waals surface area contributed by atoms with Gasteiger partial charge < -0.3 is 9.74 Å². The SMILES string of the molecule is CN1CC[C@H](ON=C2C=C3CCC4C5CCC(=O)[C@@]5(C)CCC4[C@]3(C)CC2)C1. The lowest BCUT2D eigenvalue weighted by molar-refractivity contribution is -0.132. The van der Waals surface area contributed by atoms with Crippen LogP contribution in [0.25, 0.3) is 0 Å². The predicted molar refractivity (Wildman–Crippen MR) is 111 cm³/mol. The summed E-state index contributed by atoms with van der Waals surface area (Å²) in [5, 5.41) is 4.57. The van der Waals surface area contributed by atoms with E-state index >= 15 is 0 Å². The fourth-order valence-electron chi connectivity index (χ4n) is 7.54. The normalized spacial score (nSPS) is 47.5. The lowest BCUT2D eigenvalue weighted by Crippen LogP contribution is -2.50. The summed E-state index contributed by atoms with van der Waals surface area (Å²) in [6.07, 6.45) is 12.7. The minimum absolute atomic E-state index is 0.0116. The molecule has 0 aromatic heterocycles. The number of fused-ring (bicyclic) bond motifs is 5. The molecule has 0 N–H and O–H groups in total. The molecule has 5 aliphatic rings. The second-order valence-electron chi connectivity index (χ2n) is 10.8. The van der Waals surface area contributed by atoms with Gasteiger partial charge >= 0.3 is 0 Å². The van der Waals surface area contributed by atoms with Gasteiger partial charge in [0, 0.05) is 31.3 Å². The van der Waals surface area contributed by atoms with Crippen molar-refractivity contribution in [1.82, 2.24) is 4.90 Å². The van der Waals surface area contributed by atoms with E-state index in [-0.39, 0.29) is 11.5 Å². The summed E-state index contributed by atoms with van der Waals surface area (Å²) < 4.78 is 0. The van der Waals surface area contributed by atoms with Gasteiger partial charge in [-0.15, -0.1) is 0 Å². The lowest BCUT2D eigenvalue weighted by atomic mass is 9.47. The molecule has 0 aromatic rings. The van der Waals surface area contributed by atoms with Crippen molar-refractivity contribution in [3.8, 4) is 0 Å². The van der Waals surface area contributed by atoms with Crippen LogP contribution in [-0.2, 0) is 9.63 Å². The fraction of sp³-hybridized carbons (Fsp3) is 0.833. The van der Waals surface area contributed by atoms with Gasteiger partial charge in [-0.25, -0.2) is 0 Å². The number of hydrogen-bond donors (Lipinski definition) is 0. The molecular formula is C24H36N2O2. The molecule has 0 aromatic carbocycles. The number of oxime groups is 1. The van der Waals surface area contributed by atoms with E-state index in [1.54, 1.807) is 5.57 Å². The molecule has 3 saturated carbocycles. The summed E-state index contributed by atoms with van der Waals surface area (Å²) in [6, 6.07) is 0. The lowest BCUT2D eigenvalue weighted by Gasteiger charge is -2.57. The summed E-state index contributed by atoms with van der Waals surface area (Å²) in [6.45, 7) is 6.90. The van der Waals surface area contributed by atoms with Crippen molar-refractivity contribution in [2.24, 2.45) is 33.7 Å². The van der Waals surface area contributed by atoms with Crippen molar-refractivity contribution < 1.29 is 9.63 Å². The Kier molecular flexibility index (Phi) is 4.50. The van der Waals surface area contributed by atoms with Crippen molar-refractivity contribution in [2.45, 2.75) is 77.7 Å². The quantitative estimate of drug-likeness (QED) is 0.654. The third kappa shape index (κ3) is 2.81. The highest BCUT2D eigenvalue weighted by molar-refractivity contribution is 5.96. The summed E-state index contributed by atoms with van der Waals surface area (Å²) in [5.41, 5.74) is 3.06. The van der Waals surface area contributed by atoms with E-state index < -0.39 is 0 Å². The highest BCUT2D eigenvalue weighted by Crippen LogP contribution is 2.64. The van der Waals surface area contributed by atoms with Gasteiger partial charge in [-0.3, -0.25) is 4.79 Å². The molecular weight excluding hydrogens is 348 g/mol. The summed E-state index contributed by atoms with van der Waals surface area (Å²) in [5.74, 6) is 2.68. The van der Waals surface area contributed by atoms with E-state index in [2.05, 4.69) is 37.0 Å². The Bertz CT molecular complexity index is 728. The van der Waals surface area contributed by atoms with E-state index in [4.69, 9.17) is 4.84 Å². The largest absolute Gasteiger partial charge is 0.391 e. The van der Waals surface area contributed by atoms with Gasteiger partial charge in [-0.1, -0.05) is 24.6 Å². The molecule has 1 aliphatic heterocycles. The number of carbonyl (C=O) groups is 1. The van der Waals surface area contributed by atoms with E-state index in [1.807, 2.05) is 0 Å². The maximum absolute atomic E-state index is 12.6. The van der Waals surface area contributed by atoms with Gasteiger partial charge in [-0.2, -0.15) is 0 Å². The van der Waals surface area contributed by atoms with Crippen molar-refractivity contribution in [3.63, 3.8) is 0 Å². The summed E-state index contributed by atoms with van der Waals surface area (Å²) in [4.78, 5) is 20.8. The number of rotatable bonds is 2. The smallest absolute Gasteiger partial charge is 0.141 e. The molecule has 0 spiro atoms. The molecule has 4 fully saturated rings. The van der Waals surface area contributed by atoms with Gasteiger partial charge in [0.1, 0.15) is 11.9 Å². The zero-order valence-corrected chi connectivity index (χ0v) is 17.9. The first-order chi connectivity index (χ1) is 13.4. The van der Waals surface area contributed by atoms with Gasteiger partial charge in [0.2, 0.25) is 0 Å². The highest BCUT2D eigenvalue weighted by atomic mass is 16.6. The van der Waals surface area contributed by atoms with Crippen LogP contribution in [-0.4, -0.2) is 42.6 Å². The first-order valence-corrected chi connectivity index (χ1v) is 11.6. The standard InChI is InChI=1S/C24H36N2O2/c1-23-11-8-17(25-28-18-10-13-26(3)15-18)14-16(23)4-5-19-20-6-7-22(27)24(20,2)12-9-21(19)23/h14,18-21H,4-13,15H2,1-3H3/t18-,19?,20?,21?,23+,24-/m0/s1. The maximum Gasteiger partial charge on any atom is 0.141 e. The van der Waals surface area contributed by atoms with E-state index in [1.165, 1.54) is 25.7 Å². The molecule has 3 unspecified atom stereocenters. The molecule has 5 rings (SSSR count). The number of nitrogens with zero attached hydrogens (tertiary/aromatic N) is 2. The monoisotopic (exact) mass is 384 g/mol. The first-order valence-electron chi connectivity index (χ1n) is 11.6. The molecule has 4 aliphatic carbocycles. The third-order valence-corrected chi connectivity index (χ3v) is 9.35. The Morgan fingerprint density at radius 2 is 1.86 bits per heavy atom. The second kappa shape index (κ2) is 6.68. The second-order valence-corrected chi connectivity index (χ2v) is 10.8. The van der Waals surface area contributed by atoms with Gasteiger partial charge in [0.15, 0.2) is 0 Å². The van der Waals surface area contributed by atoms with Gasteiger partial charge in [0.25, 0.3) is 0 Å². The molecule has 4 heteroatoms. The summed E-state index contributed by atoms with van der Waals surface area (Å²) in [7, 11) is 2.15. The zero-order valence-electron chi connectivity index (χ0n) is 17.9. The van der Waals surface area contributed by atoms with Crippen molar-refractivity contribution >= 4 is 11.5 Å². The van der Waals surface area contributed by atoms with Crippen molar-refractivity contribution in [3.05, 3.63) is 11.6 Å². The molecule has 28 heavy (non-hydrogen) atoms. The van der Waals surface area contributed by atoms with Gasteiger partial charge in [0.05, 0.1) is 5.71 Å². The molecule has 4 nitrogen and oxygen atoms in total. The van der Waals surface area contributed by atoms with Crippen LogP contribution in [0.5, 0.6) is 0 Å². The number of carbonyl (C=O) groups excluding carboxylic acids is 1. The van der Waals surface area contributed by atoms with Crippen LogP contribution in [0.2, 0.25) is 0 Å². The molecule has 0 amide bonds. The summed E-state index contributed by atoms with van der Waals surface area (Å²) >= 11 is 0. The molecule has 6 atom stereocenters. The van der Waals surface area contributed by atoms with Crippen LogP contribution in [0.4, 0.5) is 0 Å². The average molecular weight is 385 g/mol. The number of allylic oxidation sites excluding steroid dienone is 2. The number of Topliss-reactive ketones (excluding diaryl/α,β-unsaturated/α-hetero) is 1. The van der Waals surface area contributed by atoms with Crippen LogP contribution in [0.1, 0.15) is 71.6 Å². The molecule has 1 heterocycles. The Labute approximate surface area is 169 Å². The Balaban J connectivity index is 1.34. The van der Waals surface area contributed by atoms with Gasteiger partial charge in [-0.05, 0) is 81.2 Å². The Hall–Kier alpha value is -1.16. The molecule has 1 saturated heterocycles. The van der Waals surface area contributed by atoms with Crippen LogP contribution in [0, 0.1) is 28.6 Å². The number of hydrogen-bond acceptors (Lipinski definition) is 4. The van der Waals surface area contributed by atoms with Crippen molar-refractivity contribution in [1.29, 1.82) is 0 Å².